The largest absolute Gasteiger partial charge is 0.382 e. The zero-order chi connectivity index (χ0) is 21.1. The molecule has 2 N–H and O–H groups in total. The lowest BCUT2D eigenvalue weighted by molar-refractivity contribution is 0.0513. The first kappa shape index (κ1) is 23.1. The molecule has 1 aliphatic carbocycles. The quantitative estimate of drug-likeness (QED) is 0.340. The van der Waals surface area contributed by atoms with Gasteiger partial charge in [-0.15, -0.1) is 0 Å². The van der Waals surface area contributed by atoms with Gasteiger partial charge in [-0.05, 0) is 56.9 Å². The average molecular weight is 416 g/mol. The third-order valence-electron chi connectivity index (χ3n) is 6.99. The Hall–Kier alpha value is -1.59. The molecule has 30 heavy (non-hydrogen) atoms. The molecule has 0 bridgehead atoms. The molecule has 0 atom stereocenters. The van der Waals surface area contributed by atoms with Crippen LogP contribution in [-0.2, 0) is 14.9 Å². The van der Waals surface area contributed by atoms with Crippen molar-refractivity contribution in [2.75, 3.05) is 46.1 Å². The summed E-state index contributed by atoms with van der Waals surface area (Å²) in [4.78, 5) is 5.06. The van der Waals surface area contributed by atoms with Gasteiger partial charge in [-0.3, -0.25) is 4.99 Å². The van der Waals surface area contributed by atoms with E-state index in [2.05, 4.69) is 54.8 Å². The summed E-state index contributed by atoms with van der Waals surface area (Å²) in [6.07, 6.45) is 8.40. The second-order valence-electron chi connectivity index (χ2n) is 8.96. The summed E-state index contributed by atoms with van der Waals surface area (Å²) in [6, 6.07) is 10.9. The van der Waals surface area contributed by atoms with E-state index in [0.29, 0.717) is 5.41 Å². The van der Waals surface area contributed by atoms with Crippen molar-refractivity contribution >= 4 is 5.96 Å². The maximum Gasteiger partial charge on any atom is 0.191 e. The van der Waals surface area contributed by atoms with E-state index in [-0.39, 0.29) is 5.41 Å². The van der Waals surface area contributed by atoms with E-state index in [1.54, 1.807) is 0 Å². The van der Waals surface area contributed by atoms with E-state index >= 15 is 0 Å². The van der Waals surface area contributed by atoms with E-state index in [0.717, 1.165) is 71.3 Å². The van der Waals surface area contributed by atoms with Crippen LogP contribution in [0.1, 0.15) is 64.4 Å². The number of nitrogens with one attached hydrogen (secondary N) is 2. The summed E-state index contributed by atoms with van der Waals surface area (Å²) < 4.78 is 11.4. The molecule has 1 saturated carbocycles. The first-order valence-electron chi connectivity index (χ1n) is 12.0. The van der Waals surface area contributed by atoms with Crippen LogP contribution in [0.15, 0.2) is 35.3 Å². The number of guanidine groups is 1. The molecule has 1 heterocycles. The first-order valence-corrected chi connectivity index (χ1v) is 12.0. The Bertz CT molecular complexity index is 635. The average Bonchev–Trinajstić information content (AvgIpc) is 3.26. The smallest absolute Gasteiger partial charge is 0.191 e. The number of benzene rings is 1. The summed E-state index contributed by atoms with van der Waals surface area (Å²) in [6.45, 7) is 10.2. The van der Waals surface area contributed by atoms with Crippen LogP contribution < -0.4 is 10.6 Å². The fourth-order valence-electron chi connectivity index (χ4n) is 5.01. The molecule has 5 nitrogen and oxygen atoms in total. The number of ether oxygens (including phenoxy) is 2. The topological polar surface area (TPSA) is 54.9 Å². The minimum Gasteiger partial charge on any atom is -0.382 e. The summed E-state index contributed by atoms with van der Waals surface area (Å²) in [5.74, 6) is 0.946. The van der Waals surface area contributed by atoms with Gasteiger partial charge in [0.05, 0.1) is 0 Å². The van der Waals surface area contributed by atoms with Gasteiger partial charge in [0.15, 0.2) is 5.96 Å². The Morgan fingerprint density at radius 2 is 1.77 bits per heavy atom. The number of rotatable bonds is 10. The van der Waals surface area contributed by atoms with Gasteiger partial charge >= 0.3 is 0 Å². The van der Waals surface area contributed by atoms with Gasteiger partial charge in [-0.1, -0.05) is 43.2 Å². The van der Waals surface area contributed by atoms with E-state index in [1.165, 1.54) is 31.2 Å². The van der Waals surface area contributed by atoms with Gasteiger partial charge in [-0.2, -0.15) is 0 Å². The standard InChI is InChI=1S/C25H41N3O2/c1-3-26-23(27-20-24(12-8-9-13-24)14-17-29-4-2)28-21-25(15-18-30-19-16-25)22-10-6-5-7-11-22/h5-7,10-11H,3-4,8-9,12-21H2,1-2H3,(H2,26,27,28). The Labute approximate surface area is 183 Å². The van der Waals surface area contributed by atoms with Crippen molar-refractivity contribution in [3.05, 3.63) is 35.9 Å². The van der Waals surface area contributed by atoms with Crippen LogP contribution in [0.2, 0.25) is 0 Å². The van der Waals surface area contributed by atoms with Crippen molar-refractivity contribution < 1.29 is 9.47 Å². The van der Waals surface area contributed by atoms with Crippen LogP contribution in [0.5, 0.6) is 0 Å². The van der Waals surface area contributed by atoms with Crippen molar-refractivity contribution in [1.82, 2.24) is 10.6 Å². The molecule has 2 fully saturated rings. The van der Waals surface area contributed by atoms with Gasteiger partial charge in [0.1, 0.15) is 0 Å². The molecule has 1 aromatic rings. The Balaban J connectivity index is 1.67. The Kier molecular flexibility index (Phi) is 9.01. The maximum absolute atomic E-state index is 5.69. The summed E-state index contributed by atoms with van der Waals surface area (Å²) in [5.41, 5.74) is 1.82. The highest BCUT2D eigenvalue weighted by atomic mass is 16.5. The van der Waals surface area contributed by atoms with Crippen molar-refractivity contribution in [3.63, 3.8) is 0 Å². The fraction of sp³-hybridized carbons (Fsp3) is 0.720. The zero-order valence-corrected chi connectivity index (χ0v) is 19.0. The predicted octanol–water partition coefficient (Wildman–Crippen LogP) is 4.28. The highest BCUT2D eigenvalue weighted by Crippen LogP contribution is 2.41. The minimum atomic E-state index is 0.107. The van der Waals surface area contributed by atoms with Crippen molar-refractivity contribution in [2.45, 2.75) is 64.2 Å². The van der Waals surface area contributed by atoms with Crippen LogP contribution >= 0.6 is 0 Å². The molecular weight excluding hydrogens is 374 g/mol. The van der Waals surface area contributed by atoms with Crippen molar-refractivity contribution in [2.24, 2.45) is 10.4 Å². The lowest BCUT2D eigenvalue weighted by Crippen LogP contribution is -2.48. The van der Waals surface area contributed by atoms with E-state index in [4.69, 9.17) is 14.5 Å². The highest BCUT2D eigenvalue weighted by molar-refractivity contribution is 5.79. The number of nitrogens with zero attached hydrogens (tertiary/aromatic N) is 1. The third-order valence-corrected chi connectivity index (χ3v) is 6.99. The van der Waals surface area contributed by atoms with Gasteiger partial charge in [0.2, 0.25) is 0 Å². The molecule has 0 unspecified atom stereocenters. The zero-order valence-electron chi connectivity index (χ0n) is 19.0. The normalized spacial score (nSPS) is 20.8. The second-order valence-corrected chi connectivity index (χ2v) is 8.96. The Morgan fingerprint density at radius 1 is 1.03 bits per heavy atom. The molecule has 0 radical (unpaired) electrons. The molecule has 1 aliphatic heterocycles. The fourth-order valence-corrected chi connectivity index (χ4v) is 5.01. The maximum atomic E-state index is 5.69. The number of aliphatic imine (C=N–C) groups is 1. The van der Waals surface area contributed by atoms with Crippen molar-refractivity contribution in [1.29, 1.82) is 0 Å². The highest BCUT2D eigenvalue weighted by Gasteiger charge is 2.35. The van der Waals surface area contributed by atoms with Crippen LogP contribution in [0.3, 0.4) is 0 Å². The molecule has 0 spiro atoms. The first-order chi connectivity index (χ1) is 14.7. The molecule has 0 aromatic heterocycles. The number of hydrogen-bond donors (Lipinski definition) is 2. The molecule has 168 valence electrons. The monoisotopic (exact) mass is 415 g/mol. The molecule has 1 saturated heterocycles. The van der Waals surface area contributed by atoms with Gasteiger partial charge in [0.25, 0.3) is 0 Å². The molecule has 1 aromatic carbocycles. The lowest BCUT2D eigenvalue weighted by atomic mass is 9.74. The number of hydrogen-bond acceptors (Lipinski definition) is 3. The molecule has 3 rings (SSSR count). The van der Waals surface area contributed by atoms with Gasteiger partial charge < -0.3 is 20.1 Å². The van der Waals surface area contributed by atoms with E-state index in [1.807, 2.05) is 0 Å². The predicted molar refractivity (Wildman–Crippen MR) is 124 cm³/mol. The summed E-state index contributed by atoms with van der Waals surface area (Å²) in [5, 5.41) is 7.17. The molecule has 2 aliphatic rings. The summed E-state index contributed by atoms with van der Waals surface area (Å²) in [7, 11) is 0. The Morgan fingerprint density at radius 3 is 2.43 bits per heavy atom. The SMILES string of the molecule is CCNC(=NCC1(CCOCC)CCCC1)NCC1(c2ccccc2)CCOCC1. The van der Waals surface area contributed by atoms with Crippen LogP contribution in [-0.4, -0.2) is 52.0 Å². The van der Waals surface area contributed by atoms with E-state index < -0.39 is 0 Å². The van der Waals surface area contributed by atoms with Crippen LogP contribution in [0.25, 0.3) is 0 Å². The molecule has 5 heteroatoms. The van der Waals surface area contributed by atoms with Crippen LogP contribution in [0.4, 0.5) is 0 Å². The third kappa shape index (κ3) is 6.21. The van der Waals surface area contributed by atoms with Crippen LogP contribution in [0, 0.1) is 5.41 Å². The van der Waals surface area contributed by atoms with E-state index in [9.17, 15) is 0 Å². The second kappa shape index (κ2) is 11.7. The summed E-state index contributed by atoms with van der Waals surface area (Å²) >= 11 is 0. The molecule has 0 amide bonds. The van der Waals surface area contributed by atoms with Gasteiger partial charge in [-0.25, -0.2) is 0 Å². The molecular formula is C25H41N3O2. The lowest BCUT2D eigenvalue weighted by Gasteiger charge is -2.38. The minimum absolute atomic E-state index is 0.107. The van der Waals surface area contributed by atoms with Crippen molar-refractivity contribution in [3.8, 4) is 0 Å². The van der Waals surface area contributed by atoms with Gasteiger partial charge in [0, 0.05) is 51.5 Å².